The van der Waals surface area contributed by atoms with Crippen molar-refractivity contribution in [3.05, 3.63) is 29.6 Å². The molecule has 1 saturated heterocycles. The summed E-state index contributed by atoms with van der Waals surface area (Å²) in [5.74, 6) is -0.00696. The lowest BCUT2D eigenvalue weighted by Gasteiger charge is -2.31. The molecule has 0 saturated carbocycles. The SMILES string of the molecule is CCNC(Cc1ccc(OC)c(F)c1)C1CCCCO1. The second kappa shape index (κ2) is 7.60. The molecule has 4 heteroatoms. The number of rotatable bonds is 6. The van der Waals surface area contributed by atoms with E-state index in [1.165, 1.54) is 13.5 Å². The summed E-state index contributed by atoms with van der Waals surface area (Å²) in [6, 6.07) is 5.42. The monoisotopic (exact) mass is 281 g/mol. The number of benzene rings is 1. The van der Waals surface area contributed by atoms with E-state index in [0.717, 1.165) is 38.0 Å². The van der Waals surface area contributed by atoms with Crippen molar-refractivity contribution in [3.63, 3.8) is 0 Å². The third kappa shape index (κ3) is 3.93. The molecular formula is C16H24FNO2. The first-order chi connectivity index (χ1) is 9.74. The summed E-state index contributed by atoms with van der Waals surface area (Å²) in [6.07, 6.45) is 4.44. The van der Waals surface area contributed by atoms with Crippen molar-refractivity contribution >= 4 is 0 Å². The third-order valence-corrected chi connectivity index (χ3v) is 3.80. The molecule has 2 atom stereocenters. The van der Waals surface area contributed by atoms with Gasteiger partial charge in [-0.25, -0.2) is 4.39 Å². The molecule has 2 unspecified atom stereocenters. The summed E-state index contributed by atoms with van der Waals surface area (Å²) in [5.41, 5.74) is 0.975. The van der Waals surface area contributed by atoms with Gasteiger partial charge in [0.25, 0.3) is 0 Å². The van der Waals surface area contributed by atoms with Crippen LogP contribution in [0.5, 0.6) is 5.75 Å². The second-order valence-corrected chi connectivity index (χ2v) is 5.24. The fourth-order valence-electron chi connectivity index (χ4n) is 2.77. The van der Waals surface area contributed by atoms with Crippen LogP contribution in [0.2, 0.25) is 0 Å². The van der Waals surface area contributed by atoms with Gasteiger partial charge in [0, 0.05) is 12.6 Å². The van der Waals surface area contributed by atoms with Gasteiger partial charge in [0.05, 0.1) is 13.2 Å². The first-order valence-electron chi connectivity index (χ1n) is 7.42. The lowest BCUT2D eigenvalue weighted by molar-refractivity contribution is -0.00710. The van der Waals surface area contributed by atoms with Crippen LogP contribution in [0.3, 0.4) is 0 Å². The average Bonchev–Trinajstić information content (AvgIpc) is 2.48. The zero-order chi connectivity index (χ0) is 14.4. The first kappa shape index (κ1) is 15.3. The normalized spacial score (nSPS) is 20.6. The second-order valence-electron chi connectivity index (χ2n) is 5.24. The molecule has 0 spiro atoms. The molecule has 0 amide bonds. The number of hydrogen-bond acceptors (Lipinski definition) is 3. The van der Waals surface area contributed by atoms with E-state index < -0.39 is 0 Å². The maximum Gasteiger partial charge on any atom is 0.165 e. The van der Waals surface area contributed by atoms with E-state index in [0.29, 0.717) is 5.75 Å². The van der Waals surface area contributed by atoms with Crippen molar-refractivity contribution < 1.29 is 13.9 Å². The molecule has 3 nitrogen and oxygen atoms in total. The molecule has 2 rings (SSSR count). The van der Waals surface area contributed by atoms with Crippen LogP contribution < -0.4 is 10.1 Å². The zero-order valence-electron chi connectivity index (χ0n) is 12.3. The molecule has 20 heavy (non-hydrogen) atoms. The minimum absolute atomic E-state index is 0.230. The predicted molar refractivity (Wildman–Crippen MR) is 77.7 cm³/mol. The van der Waals surface area contributed by atoms with Gasteiger partial charge >= 0.3 is 0 Å². The Kier molecular flexibility index (Phi) is 5.80. The van der Waals surface area contributed by atoms with E-state index in [1.54, 1.807) is 12.1 Å². The highest BCUT2D eigenvalue weighted by Crippen LogP contribution is 2.22. The topological polar surface area (TPSA) is 30.5 Å². The molecular weight excluding hydrogens is 257 g/mol. The van der Waals surface area contributed by atoms with Crippen LogP contribution in [-0.2, 0) is 11.2 Å². The Morgan fingerprint density at radius 2 is 2.30 bits per heavy atom. The summed E-state index contributed by atoms with van der Waals surface area (Å²) in [4.78, 5) is 0. The highest BCUT2D eigenvalue weighted by molar-refractivity contribution is 5.29. The van der Waals surface area contributed by atoms with E-state index in [2.05, 4.69) is 12.2 Å². The van der Waals surface area contributed by atoms with E-state index in [9.17, 15) is 4.39 Å². The molecule has 1 heterocycles. The number of likely N-dealkylation sites (N-methyl/N-ethyl adjacent to an activating group) is 1. The minimum atomic E-state index is -0.301. The number of nitrogens with one attached hydrogen (secondary N) is 1. The van der Waals surface area contributed by atoms with Crippen molar-refractivity contribution in [1.82, 2.24) is 5.32 Å². The van der Waals surface area contributed by atoms with Gasteiger partial charge in [-0.05, 0) is 49.9 Å². The predicted octanol–water partition coefficient (Wildman–Crippen LogP) is 2.92. The van der Waals surface area contributed by atoms with Crippen molar-refractivity contribution in [2.24, 2.45) is 0 Å². The van der Waals surface area contributed by atoms with Gasteiger partial charge in [0.1, 0.15) is 0 Å². The molecule has 1 aliphatic heterocycles. The number of ether oxygens (including phenoxy) is 2. The average molecular weight is 281 g/mol. The summed E-state index contributed by atoms with van der Waals surface area (Å²) in [5, 5.41) is 3.47. The van der Waals surface area contributed by atoms with Crippen LogP contribution in [0, 0.1) is 5.82 Å². The largest absolute Gasteiger partial charge is 0.494 e. The minimum Gasteiger partial charge on any atom is -0.494 e. The van der Waals surface area contributed by atoms with Crippen LogP contribution in [0.4, 0.5) is 4.39 Å². The van der Waals surface area contributed by atoms with Crippen LogP contribution in [-0.4, -0.2) is 32.4 Å². The van der Waals surface area contributed by atoms with Crippen LogP contribution in [0.1, 0.15) is 31.7 Å². The van der Waals surface area contributed by atoms with Gasteiger partial charge in [-0.2, -0.15) is 0 Å². The Hall–Kier alpha value is -1.13. The lowest BCUT2D eigenvalue weighted by atomic mass is 9.96. The third-order valence-electron chi connectivity index (χ3n) is 3.80. The van der Waals surface area contributed by atoms with Gasteiger partial charge < -0.3 is 14.8 Å². The molecule has 1 aromatic carbocycles. The van der Waals surface area contributed by atoms with Gasteiger partial charge in [-0.1, -0.05) is 13.0 Å². The highest BCUT2D eigenvalue weighted by Gasteiger charge is 2.24. The fourth-order valence-corrected chi connectivity index (χ4v) is 2.77. The maximum atomic E-state index is 13.8. The van der Waals surface area contributed by atoms with E-state index in [-0.39, 0.29) is 18.0 Å². The molecule has 1 aliphatic rings. The Balaban J connectivity index is 2.04. The Bertz CT molecular complexity index is 419. The van der Waals surface area contributed by atoms with Crippen LogP contribution in [0.25, 0.3) is 0 Å². The molecule has 1 N–H and O–H groups in total. The van der Waals surface area contributed by atoms with Gasteiger partial charge in [-0.3, -0.25) is 0 Å². The molecule has 0 aromatic heterocycles. The van der Waals surface area contributed by atoms with E-state index in [1.807, 2.05) is 6.07 Å². The standard InChI is InChI=1S/C16H24FNO2/c1-3-18-14(16-6-4-5-9-20-16)11-12-7-8-15(19-2)13(17)10-12/h7-8,10,14,16,18H,3-6,9,11H2,1-2H3. The van der Waals surface area contributed by atoms with Crippen molar-refractivity contribution in [2.75, 3.05) is 20.3 Å². The Morgan fingerprint density at radius 1 is 1.45 bits per heavy atom. The number of methoxy groups -OCH3 is 1. The van der Waals surface area contributed by atoms with Crippen molar-refractivity contribution in [2.45, 2.75) is 44.8 Å². The molecule has 1 fully saturated rings. The maximum absolute atomic E-state index is 13.8. The first-order valence-corrected chi connectivity index (χ1v) is 7.42. The van der Waals surface area contributed by atoms with Crippen molar-refractivity contribution in [1.29, 1.82) is 0 Å². The molecule has 0 radical (unpaired) electrons. The van der Waals surface area contributed by atoms with Gasteiger partial charge in [0.2, 0.25) is 0 Å². The highest BCUT2D eigenvalue weighted by atomic mass is 19.1. The quantitative estimate of drug-likeness (QED) is 0.869. The molecule has 0 bridgehead atoms. The van der Waals surface area contributed by atoms with Crippen LogP contribution in [0.15, 0.2) is 18.2 Å². The van der Waals surface area contributed by atoms with Gasteiger partial charge in [0.15, 0.2) is 11.6 Å². The Labute approximate surface area is 120 Å². The molecule has 0 aliphatic carbocycles. The summed E-state index contributed by atoms with van der Waals surface area (Å²) >= 11 is 0. The lowest BCUT2D eigenvalue weighted by Crippen LogP contribution is -2.44. The Morgan fingerprint density at radius 3 is 2.90 bits per heavy atom. The van der Waals surface area contributed by atoms with Crippen LogP contribution >= 0.6 is 0 Å². The van der Waals surface area contributed by atoms with Gasteiger partial charge in [-0.15, -0.1) is 0 Å². The molecule has 1 aromatic rings. The summed E-state index contributed by atoms with van der Waals surface area (Å²) in [6.45, 7) is 3.82. The summed E-state index contributed by atoms with van der Waals surface area (Å²) < 4.78 is 24.6. The summed E-state index contributed by atoms with van der Waals surface area (Å²) in [7, 11) is 1.48. The molecule has 112 valence electrons. The number of hydrogen-bond donors (Lipinski definition) is 1. The smallest absolute Gasteiger partial charge is 0.165 e. The van der Waals surface area contributed by atoms with Crippen molar-refractivity contribution in [3.8, 4) is 5.75 Å². The zero-order valence-corrected chi connectivity index (χ0v) is 12.3. The fraction of sp³-hybridized carbons (Fsp3) is 0.625. The number of halogens is 1. The van der Waals surface area contributed by atoms with E-state index in [4.69, 9.17) is 9.47 Å². The van der Waals surface area contributed by atoms with E-state index >= 15 is 0 Å².